The lowest BCUT2D eigenvalue weighted by atomic mass is 10.1. The fraction of sp³-hybridized carbons (Fsp3) is 0.462. The molecule has 0 saturated heterocycles. The van der Waals surface area contributed by atoms with Crippen LogP contribution in [0.3, 0.4) is 0 Å². The molecule has 0 aromatic heterocycles. The van der Waals surface area contributed by atoms with Crippen LogP contribution in [0.15, 0.2) is 30.3 Å². The first-order valence-electron chi connectivity index (χ1n) is 5.52. The van der Waals surface area contributed by atoms with Crippen LogP contribution in [0.4, 0.5) is 0 Å². The molecule has 0 atom stereocenters. The number of carbonyl (C=O) groups excluding carboxylic acids is 1. The van der Waals surface area contributed by atoms with E-state index in [0.717, 1.165) is 24.5 Å². The van der Waals surface area contributed by atoms with Crippen molar-refractivity contribution >= 4 is 5.78 Å². The van der Waals surface area contributed by atoms with Crippen LogP contribution in [0.5, 0.6) is 0 Å². The second-order valence-electron chi connectivity index (χ2n) is 4.07. The Balaban J connectivity index is 1.67. The first kappa shape index (κ1) is 10.4. The lowest BCUT2D eigenvalue weighted by molar-refractivity contribution is 0.0748. The molecule has 1 aliphatic carbocycles. The molecule has 1 fully saturated rings. The van der Waals surface area contributed by atoms with E-state index in [-0.39, 0.29) is 12.4 Å². The molecule has 2 nitrogen and oxygen atoms in total. The van der Waals surface area contributed by atoms with Gasteiger partial charge in [-0.05, 0) is 12.3 Å². The Labute approximate surface area is 90.3 Å². The zero-order valence-electron chi connectivity index (χ0n) is 8.82. The van der Waals surface area contributed by atoms with E-state index in [4.69, 9.17) is 4.74 Å². The van der Waals surface area contributed by atoms with Crippen molar-refractivity contribution in [1.29, 1.82) is 0 Å². The van der Waals surface area contributed by atoms with Gasteiger partial charge in [-0.15, -0.1) is 0 Å². The summed E-state index contributed by atoms with van der Waals surface area (Å²) in [6, 6.07) is 9.30. The van der Waals surface area contributed by atoms with Gasteiger partial charge >= 0.3 is 0 Å². The first-order valence-corrected chi connectivity index (χ1v) is 5.52. The van der Waals surface area contributed by atoms with Gasteiger partial charge in [0.2, 0.25) is 0 Å². The Morgan fingerprint density at radius 1 is 1.27 bits per heavy atom. The van der Waals surface area contributed by atoms with Crippen LogP contribution in [0.25, 0.3) is 0 Å². The maximum absolute atomic E-state index is 11.6. The smallest absolute Gasteiger partial charge is 0.188 e. The molecular weight excluding hydrogens is 188 g/mol. The topological polar surface area (TPSA) is 26.3 Å². The van der Waals surface area contributed by atoms with Gasteiger partial charge in [-0.1, -0.05) is 43.2 Å². The fourth-order valence-electron chi connectivity index (χ4n) is 1.53. The third-order valence-corrected chi connectivity index (χ3v) is 2.70. The number of carbonyl (C=O) groups is 1. The van der Waals surface area contributed by atoms with E-state index in [1.807, 2.05) is 30.3 Å². The van der Waals surface area contributed by atoms with Gasteiger partial charge in [0.1, 0.15) is 6.61 Å². The molecule has 0 radical (unpaired) electrons. The molecule has 1 saturated carbocycles. The molecule has 0 amide bonds. The van der Waals surface area contributed by atoms with Crippen LogP contribution >= 0.6 is 0 Å². The number of ether oxygens (including phenoxy) is 1. The summed E-state index contributed by atoms with van der Waals surface area (Å²) in [5.41, 5.74) is 0.740. The average Bonchev–Trinajstić information content (AvgIpc) is 3.09. The second kappa shape index (κ2) is 5.08. The van der Waals surface area contributed by atoms with Crippen LogP contribution in [0, 0.1) is 5.92 Å². The summed E-state index contributed by atoms with van der Waals surface area (Å²) in [6.45, 7) is 0.944. The molecule has 0 aliphatic heterocycles. The largest absolute Gasteiger partial charge is 0.373 e. The van der Waals surface area contributed by atoms with Crippen molar-refractivity contribution in [2.24, 2.45) is 5.92 Å². The van der Waals surface area contributed by atoms with Crippen molar-refractivity contribution in [2.45, 2.75) is 19.3 Å². The molecule has 0 bridgehead atoms. The molecule has 0 unspecified atom stereocenters. The maximum Gasteiger partial charge on any atom is 0.188 e. The highest BCUT2D eigenvalue weighted by Gasteiger charge is 2.20. The molecule has 0 heterocycles. The minimum atomic E-state index is 0.0754. The van der Waals surface area contributed by atoms with E-state index in [9.17, 15) is 4.79 Å². The molecule has 0 N–H and O–H groups in total. The Morgan fingerprint density at radius 2 is 2.00 bits per heavy atom. The number of Topliss-reactive ketones (excluding diaryl/α,β-unsaturated/α-hetero) is 1. The van der Waals surface area contributed by atoms with Crippen LogP contribution in [0.2, 0.25) is 0 Å². The monoisotopic (exact) mass is 204 g/mol. The summed E-state index contributed by atoms with van der Waals surface area (Å²) in [6.07, 6.45) is 3.80. The maximum atomic E-state index is 11.6. The van der Waals surface area contributed by atoms with E-state index < -0.39 is 0 Å². The van der Waals surface area contributed by atoms with Crippen LogP contribution < -0.4 is 0 Å². The van der Waals surface area contributed by atoms with Gasteiger partial charge in [-0.2, -0.15) is 0 Å². The van der Waals surface area contributed by atoms with E-state index in [2.05, 4.69) is 0 Å². The van der Waals surface area contributed by atoms with Crippen molar-refractivity contribution in [1.82, 2.24) is 0 Å². The van der Waals surface area contributed by atoms with E-state index >= 15 is 0 Å². The van der Waals surface area contributed by atoms with Gasteiger partial charge in [0.05, 0.1) is 0 Å². The van der Waals surface area contributed by atoms with Gasteiger partial charge < -0.3 is 4.74 Å². The van der Waals surface area contributed by atoms with Crippen LogP contribution in [-0.2, 0) is 4.74 Å². The van der Waals surface area contributed by atoms with Gasteiger partial charge in [0.15, 0.2) is 5.78 Å². The number of hydrogen-bond acceptors (Lipinski definition) is 2. The molecule has 1 aromatic rings. The Morgan fingerprint density at radius 3 is 2.67 bits per heavy atom. The zero-order chi connectivity index (χ0) is 10.5. The van der Waals surface area contributed by atoms with Crippen LogP contribution in [-0.4, -0.2) is 19.0 Å². The van der Waals surface area contributed by atoms with E-state index in [0.29, 0.717) is 0 Å². The third-order valence-electron chi connectivity index (χ3n) is 2.70. The highest BCUT2D eigenvalue weighted by molar-refractivity contribution is 5.96. The van der Waals surface area contributed by atoms with Gasteiger partial charge in [0.25, 0.3) is 0 Å². The minimum Gasteiger partial charge on any atom is -0.373 e. The lowest BCUT2D eigenvalue weighted by Gasteiger charge is -2.02. The van der Waals surface area contributed by atoms with Gasteiger partial charge in [0, 0.05) is 12.2 Å². The van der Waals surface area contributed by atoms with Crippen molar-refractivity contribution in [3.63, 3.8) is 0 Å². The molecule has 2 rings (SSSR count). The predicted octanol–water partition coefficient (Wildman–Crippen LogP) is 2.69. The molecule has 1 aromatic carbocycles. The molecule has 2 heteroatoms. The van der Waals surface area contributed by atoms with E-state index in [1.165, 1.54) is 12.8 Å². The number of hydrogen-bond donors (Lipinski definition) is 0. The van der Waals surface area contributed by atoms with Crippen molar-refractivity contribution in [2.75, 3.05) is 13.2 Å². The average molecular weight is 204 g/mol. The van der Waals surface area contributed by atoms with Crippen molar-refractivity contribution in [3.05, 3.63) is 35.9 Å². The summed E-state index contributed by atoms with van der Waals surface area (Å²) in [4.78, 5) is 11.6. The van der Waals surface area contributed by atoms with Crippen molar-refractivity contribution in [3.8, 4) is 0 Å². The Hall–Kier alpha value is -1.15. The summed E-state index contributed by atoms with van der Waals surface area (Å²) in [5.74, 6) is 0.947. The number of benzene rings is 1. The molecule has 80 valence electrons. The summed E-state index contributed by atoms with van der Waals surface area (Å²) >= 11 is 0. The van der Waals surface area contributed by atoms with Gasteiger partial charge in [-0.3, -0.25) is 4.79 Å². The van der Waals surface area contributed by atoms with Crippen LogP contribution in [0.1, 0.15) is 29.6 Å². The Bertz CT molecular complexity index is 315. The fourth-order valence-corrected chi connectivity index (χ4v) is 1.53. The predicted molar refractivity (Wildman–Crippen MR) is 58.9 cm³/mol. The molecule has 1 aliphatic rings. The van der Waals surface area contributed by atoms with Crippen molar-refractivity contribution < 1.29 is 9.53 Å². The molecule has 15 heavy (non-hydrogen) atoms. The minimum absolute atomic E-state index is 0.0754. The number of rotatable bonds is 6. The number of ketones is 1. The normalized spacial score (nSPS) is 15.2. The zero-order valence-corrected chi connectivity index (χ0v) is 8.82. The Kier molecular flexibility index (Phi) is 3.51. The SMILES string of the molecule is O=C(COCCC1CC1)c1ccccc1. The second-order valence-corrected chi connectivity index (χ2v) is 4.07. The highest BCUT2D eigenvalue weighted by Crippen LogP contribution is 2.32. The van der Waals surface area contributed by atoms with Gasteiger partial charge in [-0.25, -0.2) is 0 Å². The van der Waals surface area contributed by atoms with E-state index in [1.54, 1.807) is 0 Å². The summed E-state index contributed by atoms with van der Waals surface area (Å²) < 4.78 is 5.35. The highest BCUT2D eigenvalue weighted by atomic mass is 16.5. The third kappa shape index (κ3) is 3.48. The summed E-state index contributed by atoms with van der Waals surface area (Å²) in [7, 11) is 0. The lowest BCUT2D eigenvalue weighted by Crippen LogP contribution is -2.09. The quantitative estimate of drug-likeness (QED) is 0.526. The molecule has 0 spiro atoms. The summed E-state index contributed by atoms with van der Waals surface area (Å²) in [5, 5.41) is 0. The standard InChI is InChI=1S/C13H16O2/c14-13(12-4-2-1-3-5-12)10-15-9-8-11-6-7-11/h1-5,11H,6-10H2. The first-order chi connectivity index (χ1) is 7.36. The molecular formula is C13H16O2.